The first-order chi connectivity index (χ1) is 12.5. The molecule has 1 fully saturated rings. The summed E-state index contributed by atoms with van der Waals surface area (Å²) in [5, 5.41) is 26.7. The molecule has 1 atom stereocenters. The number of aliphatic hydroxyl groups excluding tert-OH is 1. The summed E-state index contributed by atoms with van der Waals surface area (Å²) >= 11 is 0. The maximum atomic E-state index is 10.8. The van der Waals surface area contributed by atoms with Gasteiger partial charge in [0.05, 0.1) is 23.3 Å². The van der Waals surface area contributed by atoms with E-state index < -0.39 is 4.92 Å². The van der Waals surface area contributed by atoms with Crippen molar-refractivity contribution in [2.45, 2.75) is 38.6 Å². The van der Waals surface area contributed by atoms with E-state index in [9.17, 15) is 15.2 Å². The van der Waals surface area contributed by atoms with Gasteiger partial charge in [-0.3, -0.25) is 10.1 Å². The zero-order chi connectivity index (χ0) is 18.7. The predicted octanol–water partition coefficient (Wildman–Crippen LogP) is 3.43. The molecule has 0 aliphatic heterocycles. The van der Waals surface area contributed by atoms with Crippen LogP contribution in [0.5, 0.6) is 0 Å². The van der Waals surface area contributed by atoms with Crippen LogP contribution in [-0.4, -0.2) is 32.6 Å². The fourth-order valence-corrected chi connectivity index (χ4v) is 2.59. The van der Waals surface area contributed by atoms with E-state index in [1.54, 1.807) is 12.1 Å². The first-order valence-corrected chi connectivity index (χ1v) is 8.74. The van der Waals surface area contributed by atoms with E-state index in [0.717, 1.165) is 18.5 Å². The standard InChI is InChI=1S/C18H23N5O3/c1-11(2)16(10-24)21-18-20-15(12-3-4-12)9-17(22-18)19-13-5-7-14(8-6-13)23(25)26/h5-9,11-12,16,24H,3-4,10H2,1-2H3,(H2,19,20,21,22)/t16-/m1/s1. The molecule has 0 bridgehead atoms. The molecule has 1 aromatic carbocycles. The second-order valence-corrected chi connectivity index (χ2v) is 6.88. The van der Waals surface area contributed by atoms with Gasteiger partial charge in [0, 0.05) is 29.8 Å². The number of hydrogen-bond acceptors (Lipinski definition) is 7. The van der Waals surface area contributed by atoms with E-state index in [2.05, 4.69) is 20.6 Å². The molecule has 2 aromatic rings. The number of nitrogens with zero attached hydrogens (tertiary/aromatic N) is 3. The van der Waals surface area contributed by atoms with Crippen molar-refractivity contribution in [2.75, 3.05) is 17.2 Å². The van der Waals surface area contributed by atoms with Gasteiger partial charge in [0.25, 0.3) is 5.69 Å². The second kappa shape index (κ2) is 7.65. The maximum Gasteiger partial charge on any atom is 0.269 e. The summed E-state index contributed by atoms with van der Waals surface area (Å²) in [4.78, 5) is 19.4. The molecule has 1 aliphatic rings. The highest BCUT2D eigenvalue weighted by atomic mass is 16.6. The molecular formula is C18H23N5O3. The normalized spacial score (nSPS) is 14.9. The van der Waals surface area contributed by atoms with Crippen molar-refractivity contribution in [3.8, 4) is 0 Å². The number of rotatable bonds is 8. The summed E-state index contributed by atoms with van der Waals surface area (Å²) < 4.78 is 0. The Morgan fingerprint density at radius 2 is 1.96 bits per heavy atom. The molecule has 1 heterocycles. The van der Waals surface area contributed by atoms with Gasteiger partial charge in [0.15, 0.2) is 0 Å². The van der Waals surface area contributed by atoms with Crippen LogP contribution < -0.4 is 10.6 Å². The Balaban J connectivity index is 1.82. The Bertz CT molecular complexity index is 775. The molecular weight excluding hydrogens is 334 g/mol. The fraction of sp³-hybridized carbons (Fsp3) is 0.444. The van der Waals surface area contributed by atoms with Crippen molar-refractivity contribution in [2.24, 2.45) is 5.92 Å². The Morgan fingerprint density at radius 1 is 1.27 bits per heavy atom. The van der Waals surface area contributed by atoms with E-state index in [1.165, 1.54) is 12.1 Å². The van der Waals surface area contributed by atoms with E-state index in [4.69, 9.17) is 0 Å². The first-order valence-electron chi connectivity index (χ1n) is 8.74. The predicted molar refractivity (Wildman–Crippen MR) is 99.7 cm³/mol. The minimum Gasteiger partial charge on any atom is -0.394 e. The van der Waals surface area contributed by atoms with Crippen LogP contribution in [-0.2, 0) is 0 Å². The summed E-state index contributed by atoms with van der Waals surface area (Å²) in [6.07, 6.45) is 2.22. The molecule has 8 nitrogen and oxygen atoms in total. The van der Waals surface area contributed by atoms with Crippen LogP contribution in [0.1, 0.15) is 38.3 Å². The number of non-ortho nitro benzene ring substituents is 1. The van der Waals surface area contributed by atoms with Crippen LogP contribution in [0.25, 0.3) is 0 Å². The van der Waals surface area contributed by atoms with Gasteiger partial charge < -0.3 is 15.7 Å². The fourth-order valence-electron chi connectivity index (χ4n) is 2.59. The summed E-state index contributed by atoms with van der Waals surface area (Å²) in [6, 6.07) is 7.98. The average molecular weight is 357 g/mol. The third-order valence-corrected chi connectivity index (χ3v) is 4.41. The zero-order valence-corrected chi connectivity index (χ0v) is 14.8. The van der Waals surface area contributed by atoms with Gasteiger partial charge in [0.2, 0.25) is 5.95 Å². The largest absolute Gasteiger partial charge is 0.394 e. The van der Waals surface area contributed by atoms with Crippen LogP contribution in [0.15, 0.2) is 30.3 Å². The monoisotopic (exact) mass is 357 g/mol. The Labute approximate surface area is 151 Å². The zero-order valence-electron chi connectivity index (χ0n) is 14.8. The van der Waals surface area contributed by atoms with Crippen LogP contribution in [0.2, 0.25) is 0 Å². The minimum absolute atomic E-state index is 0.000201. The second-order valence-electron chi connectivity index (χ2n) is 6.88. The van der Waals surface area contributed by atoms with Gasteiger partial charge >= 0.3 is 0 Å². The van der Waals surface area contributed by atoms with Gasteiger partial charge in [-0.1, -0.05) is 13.8 Å². The number of nitro groups is 1. The topological polar surface area (TPSA) is 113 Å². The number of nitrogens with one attached hydrogen (secondary N) is 2. The number of nitro benzene ring substituents is 1. The van der Waals surface area contributed by atoms with E-state index in [-0.39, 0.29) is 24.3 Å². The maximum absolute atomic E-state index is 10.8. The van der Waals surface area contributed by atoms with Gasteiger partial charge in [0.1, 0.15) is 5.82 Å². The van der Waals surface area contributed by atoms with Crippen molar-refractivity contribution in [3.05, 3.63) is 46.1 Å². The summed E-state index contributed by atoms with van der Waals surface area (Å²) in [6.45, 7) is 4.04. The van der Waals surface area contributed by atoms with Crippen LogP contribution in [0, 0.1) is 16.0 Å². The lowest BCUT2D eigenvalue weighted by atomic mass is 10.1. The lowest BCUT2D eigenvalue weighted by Crippen LogP contribution is -2.30. The number of aliphatic hydroxyl groups is 1. The van der Waals surface area contributed by atoms with Crippen LogP contribution in [0.4, 0.5) is 23.1 Å². The molecule has 1 aliphatic carbocycles. The molecule has 8 heteroatoms. The van der Waals surface area contributed by atoms with Crippen molar-refractivity contribution >= 4 is 23.1 Å². The third-order valence-electron chi connectivity index (χ3n) is 4.41. The number of hydrogen-bond donors (Lipinski definition) is 3. The van der Waals surface area contributed by atoms with Crippen LogP contribution in [0.3, 0.4) is 0 Å². The molecule has 3 rings (SSSR count). The molecule has 26 heavy (non-hydrogen) atoms. The van der Waals surface area contributed by atoms with Crippen LogP contribution >= 0.6 is 0 Å². The Kier molecular flexibility index (Phi) is 5.32. The quantitative estimate of drug-likeness (QED) is 0.490. The number of aromatic nitrogens is 2. The highest BCUT2D eigenvalue weighted by Crippen LogP contribution is 2.40. The molecule has 1 aromatic heterocycles. The molecule has 138 valence electrons. The summed E-state index contributed by atoms with van der Waals surface area (Å²) in [5.74, 6) is 1.78. The van der Waals surface area contributed by atoms with Crippen molar-refractivity contribution in [1.82, 2.24) is 9.97 Å². The van der Waals surface area contributed by atoms with Crippen molar-refractivity contribution in [3.63, 3.8) is 0 Å². The smallest absolute Gasteiger partial charge is 0.269 e. The van der Waals surface area contributed by atoms with Gasteiger partial charge in [-0.2, -0.15) is 4.98 Å². The lowest BCUT2D eigenvalue weighted by molar-refractivity contribution is -0.384. The first kappa shape index (κ1) is 18.1. The van der Waals surface area contributed by atoms with Gasteiger partial charge in [-0.15, -0.1) is 0 Å². The number of anilines is 3. The van der Waals surface area contributed by atoms with E-state index in [1.807, 2.05) is 19.9 Å². The highest BCUT2D eigenvalue weighted by molar-refractivity contribution is 5.59. The third kappa shape index (κ3) is 4.45. The van der Waals surface area contributed by atoms with E-state index >= 15 is 0 Å². The SMILES string of the molecule is CC(C)[C@@H](CO)Nc1nc(Nc2ccc([N+](=O)[O-])cc2)cc(C2CC2)n1. The molecule has 1 saturated carbocycles. The molecule has 0 unspecified atom stereocenters. The minimum atomic E-state index is -0.428. The molecule has 3 N–H and O–H groups in total. The summed E-state index contributed by atoms with van der Waals surface area (Å²) in [7, 11) is 0. The van der Waals surface area contributed by atoms with Crippen molar-refractivity contribution < 1.29 is 10.0 Å². The van der Waals surface area contributed by atoms with Gasteiger partial charge in [-0.25, -0.2) is 4.98 Å². The summed E-state index contributed by atoms with van der Waals surface area (Å²) in [5.41, 5.74) is 1.72. The molecule has 0 spiro atoms. The Hall–Kier alpha value is -2.74. The Morgan fingerprint density at radius 3 is 2.50 bits per heavy atom. The molecule has 0 amide bonds. The number of benzene rings is 1. The molecule has 0 radical (unpaired) electrons. The highest BCUT2D eigenvalue weighted by Gasteiger charge is 2.26. The van der Waals surface area contributed by atoms with Crippen molar-refractivity contribution in [1.29, 1.82) is 0 Å². The van der Waals surface area contributed by atoms with Gasteiger partial charge in [-0.05, 0) is 30.9 Å². The average Bonchev–Trinajstić information content (AvgIpc) is 3.45. The molecule has 0 saturated heterocycles. The van der Waals surface area contributed by atoms with E-state index in [0.29, 0.717) is 23.4 Å². The lowest BCUT2D eigenvalue weighted by Gasteiger charge is -2.20.